The van der Waals surface area contributed by atoms with Crippen LogP contribution in [0.5, 0.6) is 0 Å². The van der Waals surface area contributed by atoms with Gasteiger partial charge in [0.05, 0.1) is 12.6 Å². The summed E-state index contributed by atoms with van der Waals surface area (Å²) in [5.74, 6) is 0.404. The fraction of sp³-hybridized carbons (Fsp3) is 0.692. The van der Waals surface area contributed by atoms with E-state index in [9.17, 15) is 10.1 Å². The zero-order valence-electron chi connectivity index (χ0n) is 11.9. The van der Waals surface area contributed by atoms with Crippen molar-refractivity contribution in [1.29, 1.82) is 0 Å². The Bertz CT molecular complexity index is 390. The molecular weight excluding hydrogens is 246 g/mol. The van der Waals surface area contributed by atoms with Gasteiger partial charge >= 0.3 is 5.88 Å². The van der Waals surface area contributed by atoms with E-state index in [4.69, 9.17) is 4.42 Å². The molecule has 0 amide bonds. The van der Waals surface area contributed by atoms with Gasteiger partial charge in [-0.25, -0.2) is 0 Å². The van der Waals surface area contributed by atoms with E-state index in [1.165, 1.54) is 6.07 Å². The number of unbranched alkanes of at least 4 members (excludes halogenated alkanes) is 1. The average Bonchev–Trinajstić information content (AvgIpc) is 2.82. The SMILES string of the molecule is CC(C)N(C)CCCCNCc1ccc([N+](=O)[O-])o1. The molecule has 1 rings (SSSR count). The Morgan fingerprint density at radius 1 is 1.42 bits per heavy atom. The van der Waals surface area contributed by atoms with Crippen molar-refractivity contribution in [1.82, 2.24) is 10.2 Å². The lowest BCUT2D eigenvalue weighted by molar-refractivity contribution is -0.402. The van der Waals surface area contributed by atoms with Crippen LogP contribution in [0.15, 0.2) is 16.5 Å². The Labute approximate surface area is 113 Å². The fourth-order valence-electron chi connectivity index (χ4n) is 1.64. The van der Waals surface area contributed by atoms with Crippen molar-refractivity contribution in [3.05, 3.63) is 28.0 Å². The first-order valence-electron chi connectivity index (χ1n) is 6.64. The molecule has 0 aromatic carbocycles. The van der Waals surface area contributed by atoms with E-state index in [-0.39, 0.29) is 5.88 Å². The molecular formula is C13H23N3O3. The fourth-order valence-corrected chi connectivity index (χ4v) is 1.64. The monoisotopic (exact) mass is 269 g/mol. The van der Waals surface area contributed by atoms with E-state index in [0.717, 1.165) is 25.9 Å². The van der Waals surface area contributed by atoms with Gasteiger partial charge in [0.2, 0.25) is 0 Å². The smallest absolute Gasteiger partial charge is 0.404 e. The van der Waals surface area contributed by atoms with E-state index >= 15 is 0 Å². The normalized spacial score (nSPS) is 11.4. The molecule has 0 bridgehead atoms. The zero-order chi connectivity index (χ0) is 14.3. The molecule has 0 atom stereocenters. The zero-order valence-corrected chi connectivity index (χ0v) is 11.9. The minimum absolute atomic E-state index is 0.199. The second-order valence-corrected chi connectivity index (χ2v) is 4.96. The van der Waals surface area contributed by atoms with Crippen LogP contribution >= 0.6 is 0 Å². The number of nitrogens with one attached hydrogen (secondary N) is 1. The summed E-state index contributed by atoms with van der Waals surface area (Å²) in [7, 11) is 2.13. The molecule has 1 N–H and O–H groups in total. The number of furan rings is 1. The second-order valence-electron chi connectivity index (χ2n) is 4.96. The summed E-state index contributed by atoms with van der Waals surface area (Å²) in [6.45, 7) is 6.88. The molecule has 108 valence electrons. The lowest BCUT2D eigenvalue weighted by atomic mass is 10.2. The molecule has 0 fully saturated rings. The number of rotatable bonds is 9. The van der Waals surface area contributed by atoms with Crippen LogP contribution in [0.25, 0.3) is 0 Å². The van der Waals surface area contributed by atoms with E-state index in [1.54, 1.807) is 6.07 Å². The predicted octanol–water partition coefficient (Wildman–Crippen LogP) is 2.40. The summed E-state index contributed by atoms with van der Waals surface area (Å²) in [5, 5.41) is 13.7. The number of nitro groups is 1. The van der Waals surface area contributed by atoms with E-state index in [0.29, 0.717) is 18.3 Å². The highest BCUT2D eigenvalue weighted by Crippen LogP contribution is 2.15. The maximum atomic E-state index is 10.4. The summed E-state index contributed by atoms with van der Waals surface area (Å²) in [6, 6.07) is 3.60. The van der Waals surface area contributed by atoms with Crippen LogP contribution in [0.1, 0.15) is 32.4 Å². The Hall–Kier alpha value is -1.40. The lowest BCUT2D eigenvalue weighted by Gasteiger charge is -2.20. The van der Waals surface area contributed by atoms with Gasteiger partial charge in [0.1, 0.15) is 10.7 Å². The first-order valence-corrected chi connectivity index (χ1v) is 6.64. The molecule has 6 nitrogen and oxygen atoms in total. The van der Waals surface area contributed by atoms with Gasteiger partial charge < -0.3 is 14.6 Å². The summed E-state index contributed by atoms with van der Waals surface area (Å²) >= 11 is 0. The first-order chi connectivity index (χ1) is 9.00. The number of hydrogen-bond acceptors (Lipinski definition) is 5. The average molecular weight is 269 g/mol. The van der Waals surface area contributed by atoms with Gasteiger partial charge in [-0.15, -0.1) is 0 Å². The molecule has 1 aromatic heterocycles. The van der Waals surface area contributed by atoms with Gasteiger partial charge in [0.15, 0.2) is 0 Å². The Kier molecular flexibility index (Phi) is 6.52. The summed E-state index contributed by atoms with van der Waals surface area (Å²) in [4.78, 5) is 12.2. The molecule has 0 saturated heterocycles. The highest BCUT2D eigenvalue weighted by atomic mass is 16.6. The Morgan fingerprint density at radius 3 is 2.74 bits per heavy atom. The van der Waals surface area contributed by atoms with Crippen molar-refractivity contribution < 1.29 is 9.34 Å². The minimum atomic E-state index is -0.523. The topological polar surface area (TPSA) is 71.5 Å². The van der Waals surface area contributed by atoms with E-state index in [2.05, 4.69) is 31.1 Å². The van der Waals surface area contributed by atoms with Crippen molar-refractivity contribution >= 4 is 5.88 Å². The van der Waals surface area contributed by atoms with Crippen LogP contribution in [0, 0.1) is 10.1 Å². The van der Waals surface area contributed by atoms with Gasteiger partial charge in [-0.05, 0) is 52.9 Å². The first kappa shape index (κ1) is 15.7. The van der Waals surface area contributed by atoms with Crippen molar-refractivity contribution in [2.75, 3.05) is 20.1 Å². The van der Waals surface area contributed by atoms with Gasteiger partial charge in [-0.3, -0.25) is 10.1 Å². The number of hydrogen-bond donors (Lipinski definition) is 1. The maximum Gasteiger partial charge on any atom is 0.433 e. The largest absolute Gasteiger partial charge is 0.433 e. The molecule has 0 unspecified atom stereocenters. The Morgan fingerprint density at radius 2 is 2.16 bits per heavy atom. The van der Waals surface area contributed by atoms with Gasteiger partial charge in [0, 0.05) is 6.04 Å². The van der Waals surface area contributed by atoms with Gasteiger partial charge in [0.25, 0.3) is 0 Å². The van der Waals surface area contributed by atoms with Crippen molar-refractivity contribution in [2.45, 2.75) is 39.3 Å². The molecule has 0 saturated carbocycles. The number of nitrogens with zero attached hydrogens (tertiary/aromatic N) is 2. The standard InChI is InChI=1S/C13H23N3O3/c1-11(2)15(3)9-5-4-8-14-10-12-6-7-13(19-12)16(17)18/h6-7,11,14H,4-5,8-10H2,1-3H3. The van der Waals surface area contributed by atoms with Crippen LogP contribution in [0.3, 0.4) is 0 Å². The molecule has 0 radical (unpaired) electrons. The third kappa shape index (κ3) is 5.85. The summed E-state index contributed by atoms with van der Waals surface area (Å²) < 4.78 is 5.05. The summed E-state index contributed by atoms with van der Waals surface area (Å²) in [5.41, 5.74) is 0. The van der Waals surface area contributed by atoms with Crippen LogP contribution in [0.2, 0.25) is 0 Å². The molecule has 0 spiro atoms. The van der Waals surface area contributed by atoms with Crippen LogP contribution < -0.4 is 5.32 Å². The third-order valence-electron chi connectivity index (χ3n) is 3.12. The minimum Gasteiger partial charge on any atom is -0.404 e. The highest BCUT2D eigenvalue weighted by Gasteiger charge is 2.10. The molecule has 0 aliphatic rings. The quantitative estimate of drug-likeness (QED) is 0.423. The molecule has 0 aliphatic carbocycles. The van der Waals surface area contributed by atoms with Crippen LogP contribution in [0.4, 0.5) is 5.88 Å². The van der Waals surface area contributed by atoms with E-state index < -0.39 is 4.92 Å². The molecule has 6 heteroatoms. The molecule has 1 heterocycles. The lowest BCUT2D eigenvalue weighted by Crippen LogP contribution is -2.27. The van der Waals surface area contributed by atoms with E-state index in [1.807, 2.05) is 0 Å². The van der Waals surface area contributed by atoms with Crippen molar-refractivity contribution in [3.8, 4) is 0 Å². The molecule has 19 heavy (non-hydrogen) atoms. The third-order valence-corrected chi connectivity index (χ3v) is 3.12. The molecule has 0 aliphatic heterocycles. The summed E-state index contributed by atoms with van der Waals surface area (Å²) in [6.07, 6.45) is 2.22. The van der Waals surface area contributed by atoms with Crippen LogP contribution in [-0.2, 0) is 6.54 Å². The maximum absolute atomic E-state index is 10.4. The van der Waals surface area contributed by atoms with Crippen molar-refractivity contribution in [2.24, 2.45) is 0 Å². The second kappa shape index (κ2) is 7.91. The van der Waals surface area contributed by atoms with Gasteiger partial charge in [-0.2, -0.15) is 0 Å². The predicted molar refractivity (Wildman–Crippen MR) is 74.1 cm³/mol. The van der Waals surface area contributed by atoms with Crippen molar-refractivity contribution in [3.63, 3.8) is 0 Å². The van der Waals surface area contributed by atoms with Crippen LogP contribution in [-0.4, -0.2) is 36.0 Å². The van der Waals surface area contributed by atoms with Gasteiger partial charge in [-0.1, -0.05) is 0 Å². The Balaban J connectivity index is 2.09. The highest BCUT2D eigenvalue weighted by molar-refractivity contribution is 5.17. The molecule has 1 aromatic rings.